The summed E-state index contributed by atoms with van der Waals surface area (Å²) >= 11 is 0. The van der Waals surface area contributed by atoms with Crippen LogP contribution in [-0.4, -0.2) is 46.2 Å². The average molecular weight is 209 g/mol. The molecule has 0 spiro atoms. The summed E-state index contributed by atoms with van der Waals surface area (Å²) in [6.07, 6.45) is 0. The van der Waals surface area contributed by atoms with Crippen LogP contribution in [0.5, 0.6) is 0 Å². The Morgan fingerprint density at radius 2 is 2.00 bits per heavy atom. The summed E-state index contributed by atoms with van der Waals surface area (Å²) in [6.45, 7) is 4.80. The lowest BCUT2D eigenvalue weighted by molar-refractivity contribution is 0.174. The summed E-state index contributed by atoms with van der Waals surface area (Å²) in [7, 11) is -1.33. The van der Waals surface area contributed by atoms with Crippen LogP contribution in [-0.2, 0) is 14.6 Å². The van der Waals surface area contributed by atoms with Crippen LogP contribution < -0.4 is 5.32 Å². The fraction of sp³-hybridized carbons (Fsp3) is 1.00. The quantitative estimate of drug-likeness (QED) is 0.643. The van der Waals surface area contributed by atoms with Gasteiger partial charge in [0.25, 0.3) is 0 Å². The Morgan fingerprint density at radius 3 is 2.38 bits per heavy atom. The predicted octanol–water partition coefficient (Wildman–Crippen LogP) is 0.0456. The monoisotopic (exact) mass is 209 g/mol. The van der Waals surface area contributed by atoms with Crippen molar-refractivity contribution in [3.05, 3.63) is 0 Å². The average Bonchev–Trinajstić information content (AvgIpc) is 2.05. The molecule has 0 radical (unpaired) electrons. The van der Waals surface area contributed by atoms with Crippen molar-refractivity contribution in [1.29, 1.82) is 0 Å². The third kappa shape index (κ3) is 6.01. The topological polar surface area (TPSA) is 55.4 Å². The highest BCUT2D eigenvalue weighted by Gasteiger charge is 2.16. The van der Waals surface area contributed by atoms with Crippen LogP contribution in [0.2, 0.25) is 0 Å². The zero-order valence-corrected chi connectivity index (χ0v) is 9.36. The second kappa shape index (κ2) is 6.34. The molecule has 0 heterocycles. The molecule has 80 valence electrons. The van der Waals surface area contributed by atoms with Gasteiger partial charge in [-0.1, -0.05) is 13.8 Å². The maximum atomic E-state index is 11.3. The largest absolute Gasteiger partial charge is 0.383 e. The molecule has 0 amide bonds. The van der Waals surface area contributed by atoms with Crippen LogP contribution in [0.3, 0.4) is 0 Å². The van der Waals surface area contributed by atoms with Gasteiger partial charge < -0.3 is 10.1 Å². The molecular weight excluding hydrogens is 190 g/mol. The van der Waals surface area contributed by atoms with Gasteiger partial charge in [0.05, 0.1) is 12.4 Å². The summed E-state index contributed by atoms with van der Waals surface area (Å²) in [6, 6.07) is -0.0834. The minimum atomic E-state index is -2.91. The summed E-state index contributed by atoms with van der Waals surface area (Å²) in [5.41, 5.74) is 0. The minimum Gasteiger partial charge on any atom is -0.383 e. The molecule has 5 heteroatoms. The van der Waals surface area contributed by atoms with E-state index in [1.165, 1.54) is 0 Å². The SMILES string of the molecule is CCNC(COC)CS(=O)(=O)CC. The van der Waals surface area contributed by atoms with E-state index in [4.69, 9.17) is 4.74 Å². The number of hydrogen-bond donors (Lipinski definition) is 1. The molecule has 4 nitrogen and oxygen atoms in total. The van der Waals surface area contributed by atoms with Crippen LogP contribution in [0.15, 0.2) is 0 Å². The number of nitrogens with one attached hydrogen (secondary N) is 1. The summed E-state index contributed by atoms with van der Waals surface area (Å²) in [5.74, 6) is 0.351. The Labute approximate surface area is 80.6 Å². The van der Waals surface area contributed by atoms with Crippen molar-refractivity contribution in [2.24, 2.45) is 0 Å². The van der Waals surface area contributed by atoms with E-state index in [-0.39, 0.29) is 17.5 Å². The number of likely N-dealkylation sites (N-methyl/N-ethyl adjacent to an activating group) is 1. The van der Waals surface area contributed by atoms with Gasteiger partial charge in [-0.2, -0.15) is 0 Å². The molecule has 0 aromatic rings. The van der Waals surface area contributed by atoms with Crippen LogP contribution in [0.1, 0.15) is 13.8 Å². The maximum Gasteiger partial charge on any atom is 0.151 e. The van der Waals surface area contributed by atoms with E-state index in [2.05, 4.69) is 5.32 Å². The van der Waals surface area contributed by atoms with Crippen molar-refractivity contribution in [3.63, 3.8) is 0 Å². The number of sulfone groups is 1. The van der Waals surface area contributed by atoms with Gasteiger partial charge in [0.15, 0.2) is 9.84 Å². The molecule has 0 aliphatic carbocycles. The standard InChI is InChI=1S/C8H19NO3S/c1-4-9-8(6-12-3)7-13(10,11)5-2/h8-9H,4-7H2,1-3H3. The molecule has 1 N–H and O–H groups in total. The molecule has 1 unspecified atom stereocenters. The molecule has 0 rings (SSSR count). The highest BCUT2D eigenvalue weighted by atomic mass is 32.2. The van der Waals surface area contributed by atoms with Gasteiger partial charge in [0, 0.05) is 18.9 Å². The van der Waals surface area contributed by atoms with E-state index in [1.54, 1.807) is 14.0 Å². The van der Waals surface area contributed by atoms with Crippen molar-refractivity contribution >= 4 is 9.84 Å². The Bertz CT molecular complexity index is 207. The van der Waals surface area contributed by atoms with E-state index in [1.807, 2.05) is 6.92 Å². The van der Waals surface area contributed by atoms with Crippen LogP contribution in [0.4, 0.5) is 0 Å². The number of rotatable bonds is 7. The first-order chi connectivity index (χ1) is 6.05. The van der Waals surface area contributed by atoms with Crippen molar-refractivity contribution in [2.75, 3.05) is 31.8 Å². The van der Waals surface area contributed by atoms with Gasteiger partial charge >= 0.3 is 0 Å². The number of methoxy groups -OCH3 is 1. The van der Waals surface area contributed by atoms with Gasteiger partial charge in [0.1, 0.15) is 0 Å². The lowest BCUT2D eigenvalue weighted by Gasteiger charge is -2.16. The van der Waals surface area contributed by atoms with E-state index in [9.17, 15) is 8.42 Å². The zero-order chi connectivity index (χ0) is 10.3. The highest BCUT2D eigenvalue weighted by molar-refractivity contribution is 7.91. The van der Waals surface area contributed by atoms with Crippen LogP contribution in [0, 0.1) is 0 Å². The summed E-state index contributed by atoms with van der Waals surface area (Å²) in [4.78, 5) is 0. The molecule has 0 aliphatic heterocycles. The summed E-state index contributed by atoms with van der Waals surface area (Å²) in [5, 5.41) is 3.07. The van der Waals surface area contributed by atoms with Gasteiger partial charge in [-0.15, -0.1) is 0 Å². The molecule has 13 heavy (non-hydrogen) atoms. The van der Waals surface area contributed by atoms with Crippen molar-refractivity contribution in [1.82, 2.24) is 5.32 Å². The predicted molar refractivity (Wildman–Crippen MR) is 53.7 cm³/mol. The minimum absolute atomic E-state index is 0.0834. The van der Waals surface area contributed by atoms with Crippen molar-refractivity contribution in [2.45, 2.75) is 19.9 Å². The third-order valence-electron chi connectivity index (χ3n) is 1.76. The molecule has 1 atom stereocenters. The fourth-order valence-electron chi connectivity index (χ4n) is 1.08. The van der Waals surface area contributed by atoms with E-state index in [0.29, 0.717) is 6.61 Å². The van der Waals surface area contributed by atoms with Gasteiger partial charge in [-0.3, -0.25) is 0 Å². The molecule has 0 aromatic carbocycles. The molecule has 0 aromatic heterocycles. The maximum absolute atomic E-state index is 11.3. The Kier molecular flexibility index (Phi) is 6.28. The smallest absolute Gasteiger partial charge is 0.151 e. The third-order valence-corrected chi connectivity index (χ3v) is 3.55. The lowest BCUT2D eigenvalue weighted by Crippen LogP contribution is -2.39. The number of ether oxygens (including phenoxy) is 1. The molecular formula is C8H19NO3S. The Hall–Kier alpha value is -0.130. The molecule has 0 saturated carbocycles. The summed E-state index contributed by atoms with van der Waals surface area (Å²) < 4.78 is 27.4. The first kappa shape index (κ1) is 12.9. The van der Waals surface area contributed by atoms with Crippen molar-refractivity contribution in [3.8, 4) is 0 Å². The lowest BCUT2D eigenvalue weighted by atomic mass is 10.3. The molecule has 0 aliphatic rings. The highest BCUT2D eigenvalue weighted by Crippen LogP contribution is 1.95. The Balaban J connectivity index is 4.08. The van der Waals surface area contributed by atoms with E-state index in [0.717, 1.165) is 6.54 Å². The Morgan fingerprint density at radius 1 is 1.38 bits per heavy atom. The van der Waals surface area contributed by atoms with Gasteiger partial charge in [0.2, 0.25) is 0 Å². The fourth-order valence-corrected chi connectivity index (χ4v) is 2.14. The molecule has 0 bridgehead atoms. The van der Waals surface area contributed by atoms with E-state index < -0.39 is 9.84 Å². The normalized spacial score (nSPS) is 14.4. The second-order valence-electron chi connectivity index (χ2n) is 2.91. The second-order valence-corrected chi connectivity index (χ2v) is 5.31. The van der Waals surface area contributed by atoms with Crippen LogP contribution in [0.25, 0.3) is 0 Å². The number of hydrogen-bond acceptors (Lipinski definition) is 4. The first-order valence-corrected chi connectivity index (χ1v) is 6.30. The molecule has 0 saturated heterocycles. The zero-order valence-electron chi connectivity index (χ0n) is 8.54. The molecule has 0 fully saturated rings. The van der Waals surface area contributed by atoms with Gasteiger partial charge in [-0.25, -0.2) is 8.42 Å². The van der Waals surface area contributed by atoms with Crippen molar-refractivity contribution < 1.29 is 13.2 Å². The van der Waals surface area contributed by atoms with Crippen LogP contribution >= 0.6 is 0 Å². The van der Waals surface area contributed by atoms with E-state index >= 15 is 0 Å². The van der Waals surface area contributed by atoms with Gasteiger partial charge in [-0.05, 0) is 6.54 Å². The first-order valence-electron chi connectivity index (χ1n) is 4.48.